The lowest BCUT2D eigenvalue weighted by molar-refractivity contribution is -0.118. The van der Waals surface area contributed by atoms with Crippen molar-refractivity contribution in [3.05, 3.63) is 35.7 Å². The molecule has 92 valence electrons. The third-order valence-corrected chi connectivity index (χ3v) is 3.58. The summed E-state index contributed by atoms with van der Waals surface area (Å²) in [6, 6.07) is 2.66. The zero-order valence-corrected chi connectivity index (χ0v) is 10.1. The molecule has 0 aliphatic carbocycles. The van der Waals surface area contributed by atoms with Crippen LogP contribution in [0.2, 0.25) is 0 Å². The zero-order chi connectivity index (χ0) is 12.5. The van der Waals surface area contributed by atoms with E-state index in [1.165, 1.54) is 16.2 Å². The lowest BCUT2D eigenvalue weighted by Crippen LogP contribution is -2.32. The van der Waals surface area contributed by atoms with Gasteiger partial charge in [0.2, 0.25) is 0 Å². The van der Waals surface area contributed by atoms with Crippen LogP contribution < -0.4 is 10.2 Å². The number of aromatic nitrogens is 2. The second-order valence-corrected chi connectivity index (χ2v) is 4.83. The van der Waals surface area contributed by atoms with Crippen LogP contribution in [0.1, 0.15) is 5.69 Å². The van der Waals surface area contributed by atoms with E-state index in [9.17, 15) is 9.59 Å². The van der Waals surface area contributed by atoms with Crippen molar-refractivity contribution < 1.29 is 9.59 Å². The van der Waals surface area contributed by atoms with Crippen molar-refractivity contribution >= 4 is 28.3 Å². The number of aromatic amines is 1. The van der Waals surface area contributed by atoms with Gasteiger partial charge in [0, 0.05) is 18.3 Å². The minimum Gasteiger partial charge on any atom is -0.348 e. The highest BCUT2D eigenvalue weighted by atomic mass is 32.1. The summed E-state index contributed by atoms with van der Waals surface area (Å²) in [5, 5.41) is 5.15. The third kappa shape index (κ3) is 1.78. The zero-order valence-electron chi connectivity index (χ0n) is 9.29. The Balaban J connectivity index is 1.80. The normalized spacial score (nSPS) is 19.3. The lowest BCUT2D eigenvalue weighted by atomic mass is 10.1. The summed E-state index contributed by atoms with van der Waals surface area (Å²) in [4.78, 5) is 31.9. The van der Waals surface area contributed by atoms with E-state index in [0.29, 0.717) is 11.4 Å². The van der Waals surface area contributed by atoms with Crippen LogP contribution in [-0.2, 0) is 11.2 Å². The Labute approximate surface area is 107 Å². The lowest BCUT2D eigenvalue weighted by Gasteiger charge is -2.09. The number of anilines is 1. The van der Waals surface area contributed by atoms with Crippen molar-refractivity contribution in [2.45, 2.75) is 12.5 Å². The van der Waals surface area contributed by atoms with E-state index in [0.717, 1.165) is 5.69 Å². The SMILES string of the molecule is O=C1NC(Cc2cnc[nH]2)C(=O)N1c1cccs1. The number of imide groups is 1. The van der Waals surface area contributed by atoms with Crippen molar-refractivity contribution in [3.63, 3.8) is 0 Å². The number of imidazole rings is 1. The van der Waals surface area contributed by atoms with E-state index in [-0.39, 0.29) is 11.9 Å². The number of hydrogen-bond acceptors (Lipinski definition) is 4. The molecule has 2 N–H and O–H groups in total. The average molecular weight is 262 g/mol. The van der Waals surface area contributed by atoms with Gasteiger partial charge in [-0.25, -0.2) is 14.7 Å². The van der Waals surface area contributed by atoms with E-state index in [1.54, 1.807) is 18.6 Å². The smallest absolute Gasteiger partial charge is 0.330 e. The number of amides is 3. The van der Waals surface area contributed by atoms with Crippen LogP contribution in [-0.4, -0.2) is 27.9 Å². The Morgan fingerprint density at radius 3 is 3.00 bits per heavy atom. The molecule has 6 nitrogen and oxygen atoms in total. The molecule has 3 amide bonds. The molecule has 0 spiro atoms. The summed E-state index contributed by atoms with van der Waals surface area (Å²) >= 11 is 1.36. The highest BCUT2D eigenvalue weighted by molar-refractivity contribution is 7.14. The van der Waals surface area contributed by atoms with Crippen LogP contribution >= 0.6 is 11.3 Å². The molecule has 1 saturated heterocycles. The maximum atomic E-state index is 12.2. The van der Waals surface area contributed by atoms with Crippen LogP contribution in [0.3, 0.4) is 0 Å². The Hall–Kier alpha value is -2.15. The molecule has 2 aromatic heterocycles. The Morgan fingerprint density at radius 1 is 1.44 bits per heavy atom. The first-order valence-electron chi connectivity index (χ1n) is 5.41. The molecule has 3 heterocycles. The number of thiophene rings is 1. The van der Waals surface area contributed by atoms with Gasteiger partial charge in [0.1, 0.15) is 11.0 Å². The minimum atomic E-state index is -0.528. The molecule has 7 heteroatoms. The van der Waals surface area contributed by atoms with Gasteiger partial charge in [0.25, 0.3) is 5.91 Å². The summed E-state index contributed by atoms with van der Waals surface area (Å²) in [5.74, 6) is -0.225. The van der Waals surface area contributed by atoms with E-state index in [4.69, 9.17) is 0 Å². The van der Waals surface area contributed by atoms with Gasteiger partial charge in [0.15, 0.2) is 0 Å². The average Bonchev–Trinajstić information content (AvgIpc) is 3.03. The van der Waals surface area contributed by atoms with Gasteiger partial charge in [-0.2, -0.15) is 0 Å². The minimum absolute atomic E-state index is 0.225. The van der Waals surface area contributed by atoms with Crippen LogP contribution in [0, 0.1) is 0 Å². The van der Waals surface area contributed by atoms with Crippen LogP contribution in [0.15, 0.2) is 30.0 Å². The number of nitrogens with one attached hydrogen (secondary N) is 2. The highest BCUT2D eigenvalue weighted by Crippen LogP contribution is 2.25. The van der Waals surface area contributed by atoms with E-state index in [1.807, 2.05) is 11.4 Å². The molecule has 1 aliphatic heterocycles. The van der Waals surface area contributed by atoms with Crippen molar-refractivity contribution in [1.82, 2.24) is 15.3 Å². The molecule has 2 aromatic rings. The van der Waals surface area contributed by atoms with Gasteiger partial charge >= 0.3 is 6.03 Å². The first-order chi connectivity index (χ1) is 8.75. The first kappa shape index (κ1) is 11.0. The van der Waals surface area contributed by atoms with Crippen molar-refractivity contribution in [3.8, 4) is 0 Å². The molecule has 0 bridgehead atoms. The standard InChI is InChI=1S/C11H10N4O2S/c16-10-8(4-7-5-12-6-13-7)14-11(17)15(10)9-2-1-3-18-9/h1-3,5-6,8H,4H2,(H,12,13)(H,14,17). The molecule has 1 aliphatic rings. The number of carbonyl (C=O) groups excluding carboxylic acids is 2. The predicted octanol–water partition coefficient (Wildman–Crippen LogP) is 1.14. The summed E-state index contributed by atoms with van der Waals surface area (Å²) in [6.45, 7) is 0. The van der Waals surface area contributed by atoms with Crippen molar-refractivity contribution in [2.75, 3.05) is 4.90 Å². The van der Waals surface area contributed by atoms with Crippen LogP contribution in [0.25, 0.3) is 0 Å². The van der Waals surface area contributed by atoms with Gasteiger partial charge in [-0.15, -0.1) is 11.3 Å². The van der Waals surface area contributed by atoms with Gasteiger partial charge in [-0.1, -0.05) is 0 Å². The molecule has 0 aromatic carbocycles. The van der Waals surface area contributed by atoms with Gasteiger partial charge in [0.05, 0.1) is 6.33 Å². The number of H-pyrrole nitrogens is 1. The number of urea groups is 1. The fraction of sp³-hybridized carbons (Fsp3) is 0.182. The quantitative estimate of drug-likeness (QED) is 0.814. The summed E-state index contributed by atoms with van der Waals surface area (Å²) in [7, 11) is 0. The maximum Gasteiger partial charge on any atom is 0.330 e. The number of carbonyl (C=O) groups is 2. The second-order valence-electron chi connectivity index (χ2n) is 3.91. The van der Waals surface area contributed by atoms with Crippen molar-refractivity contribution in [1.29, 1.82) is 0 Å². The summed E-state index contributed by atoms with van der Waals surface area (Å²) < 4.78 is 0. The van der Waals surface area contributed by atoms with Gasteiger partial charge in [-0.05, 0) is 17.5 Å². The van der Waals surface area contributed by atoms with Gasteiger partial charge in [-0.3, -0.25) is 4.79 Å². The van der Waals surface area contributed by atoms with E-state index in [2.05, 4.69) is 15.3 Å². The number of rotatable bonds is 3. The third-order valence-electron chi connectivity index (χ3n) is 2.72. The summed E-state index contributed by atoms with van der Waals surface area (Å²) in [5.41, 5.74) is 0.821. The molecule has 0 saturated carbocycles. The number of nitrogens with zero attached hydrogens (tertiary/aromatic N) is 2. The Kier molecular flexibility index (Phi) is 2.60. The largest absolute Gasteiger partial charge is 0.348 e. The summed E-state index contributed by atoms with van der Waals surface area (Å²) in [6.07, 6.45) is 3.62. The highest BCUT2D eigenvalue weighted by Gasteiger charge is 2.39. The van der Waals surface area contributed by atoms with Crippen LogP contribution in [0.4, 0.5) is 9.80 Å². The first-order valence-corrected chi connectivity index (χ1v) is 6.29. The number of hydrogen-bond donors (Lipinski definition) is 2. The molecule has 18 heavy (non-hydrogen) atoms. The molecule has 3 rings (SSSR count). The van der Waals surface area contributed by atoms with E-state index >= 15 is 0 Å². The Morgan fingerprint density at radius 2 is 2.33 bits per heavy atom. The molecular formula is C11H10N4O2S. The van der Waals surface area contributed by atoms with E-state index < -0.39 is 6.04 Å². The topological polar surface area (TPSA) is 78.1 Å². The second kappa shape index (κ2) is 4.26. The molecular weight excluding hydrogens is 252 g/mol. The Bertz CT molecular complexity index is 564. The molecule has 1 unspecified atom stereocenters. The monoisotopic (exact) mass is 262 g/mol. The molecule has 0 radical (unpaired) electrons. The van der Waals surface area contributed by atoms with Crippen molar-refractivity contribution in [2.24, 2.45) is 0 Å². The fourth-order valence-corrected chi connectivity index (χ4v) is 2.62. The van der Waals surface area contributed by atoms with Crippen LogP contribution in [0.5, 0.6) is 0 Å². The molecule has 1 atom stereocenters. The van der Waals surface area contributed by atoms with Gasteiger partial charge < -0.3 is 10.3 Å². The fourth-order valence-electron chi connectivity index (χ4n) is 1.89. The predicted molar refractivity (Wildman–Crippen MR) is 66.4 cm³/mol. The molecule has 1 fully saturated rings. The maximum absolute atomic E-state index is 12.2.